The minimum absolute atomic E-state index is 1.14. The van der Waals surface area contributed by atoms with Crippen LogP contribution in [0.25, 0.3) is 105 Å². The Morgan fingerprint density at radius 3 is 1.23 bits per heavy atom. The van der Waals surface area contributed by atoms with Gasteiger partial charge in [0.1, 0.15) is 0 Å². The summed E-state index contributed by atoms with van der Waals surface area (Å²) in [6.07, 6.45) is 0. The molecule has 0 saturated carbocycles. The molecule has 0 aliphatic carbocycles. The van der Waals surface area contributed by atoms with Gasteiger partial charge in [-0.1, -0.05) is 146 Å². The van der Waals surface area contributed by atoms with Crippen molar-refractivity contribution in [2.75, 3.05) is 0 Å². The first kappa shape index (κ1) is 32.0. The number of aromatic nitrogens is 2. The van der Waals surface area contributed by atoms with Crippen LogP contribution in [0.4, 0.5) is 0 Å². The van der Waals surface area contributed by atoms with E-state index in [1.807, 2.05) is 0 Å². The molecule has 0 fully saturated rings. The van der Waals surface area contributed by atoms with Gasteiger partial charge >= 0.3 is 0 Å². The minimum Gasteiger partial charge on any atom is -0.355 e. The topological polar surface area (TPSA) is 20.7 Å². The van der Waals surface area contributed by atoms with Crippen LogP contribution in [0, 0.1) is 0 Å². The molecular weight excluding hydrogens is 677 g/mol. The van der Waals surface area contributed by atoms with Crippen LogP contribution < -0.4 is 0 Å². The summed E-state index contributed by atoms with van der Waals surface area (Å²) >= 11 is 0. The number of hydrogen-bond donors (Lipinski definition) is 1. The van der Waals surface area contributed by atoms with Gasteiger partial charge in [-0.3, -0.25) is 0 Å². The molecule has 2 heterocycles. The first-order chi connectivity index (χ1) is 27.7. The third-order valence-corrected chi connectivity index (χ3v) is 11.3. The van der Waals surface area contributed by atoms with Crippen molar-refractivity contribution in [3.63, 3.8) is 0 Å². The van der Waals surface area contributed by atoms with Crippen LogP contribution in [-0.2, 0) is 0 Å². The van der Waals surface area contributed by atoms with Gasteiger partial charge in [0.2, 0.25) is 0 Å². The maximum absolute atomic E-state index is 3.56. The van der Waals surface area contributed by atoms with Gasteiger partial charge in [0.05, 0.1) is 11.0 Å². The minimum atomic E-state index is 1.14. The normalized spacial score (nSPS) is 11.6. The van der Waals surface area contributed by atoms with E-state index >= 15 is 0 Å². The van der Waals surface area contributed by atoms with Crippen molar-refractivity contribution in [2.45, 2.75) is 0 Å². The Morgan fingerprint density at radius 2 is 0.643 bits per heavy atom. The van der Waals surface area contributed by atoms with Gasteiger partial charge in [-0.05, 0) is 122 Å². The lowest BCUT2D eigenvalue weighted by Gasteiger charge is -2.11. The largest absolute Gasteiger partial charge is 0.355 e. The summed E-state index contributed by atoms with van der Waals surface area (Å²) in [7, 11) is 0. The van der Waals surface area contributed by atoms with Crippen molar-refractivity contribution < 1.29 is 0 Å². The number of hydrogen-bond acceptors (Lipinski definition) is 0. The highest BCUT2D eigenvalue weighted by molar-refractivity contribution is 6.12. The molecule has 0 aliphatic heterocycles. The number of rotatable bonds is 6. The molecule has 0 unspecified atom stereocenters. The summed E-state index contributed by atoms with van der Waals surface area (Å²) < 4.78 is 2.42. The fourth-order valence-corrected chi connectivity index (χ4v) is 8.51. The Labute approximate surface area is 325 Å². The first-order valence-corrected chi connectivity index (χ1v) is 19.2. The molecule has 0 bridgehead atoms. The Morgan fingerprint density at radius 1 is 0.250 bits per heavy atom. The molecule has 1 N–H and O–H groups in total. The molecule has 11 aromatic rings. The second-order valence-electron chi connectivity index (χ2n) is 14.7. The van der Waals surface area contributed by atoms with Gasteiger partial charge in [-0.15, -0.1) is 0 Å². The van der Waals surface area contributed by atoms with Crippen LogP contribution >= 0.6 is 0 Å². The lowest BCUT2D eigenvalue weighted by molar-refractivity contribution is 1.18. The van der Waals surface area contributed by atoms with Crippen molar-refractivity contribution >= 4 is 43.6 Å². The molecule has 0 amide bonds. The van der Waals surface area contributed by atoms with E-state index in [0.29, 0.717) is 0 Å². The SMILES string of the molecule is c1ccc(-c2cccc(-c3ccc4c(c3)c3cc(-c5cccc(-c6ccccc6)c5)ccc3n4-c3ccc(-c4ccc5[nH]c6ccccc6c5c4)cc3)c2)cc1. The summed E-state index contributed by atoms with van der Waals surface area (Å²) in [6.45, 7) is 0. The zero-order valence-electron chi connectivity index (χ0n) is 30.7. The van der Waals surface area contributed by atoms with Crippen molar-refractivity contribution in [1.29, 1.82) is 0 Å². The monoisotopic (exact) mass is 712 g/mol. The number of nitrogens with zero attached hydrogens (tertiary/aromatic N) is 1. The van der Waals surface area contributed by atoms with E-state index < -0.39 is 0 Å². The highest BCUT2D eigenvalue weighted by Gasteiger charge is 2.16. The molecule has 0 radical (unpaired) electrons. The number of nitrogens with one attached hydrogen (secondary N) is 1. The molecule has 262 valence electrons. The first-order valence-electron chi connectivity index (χ1n) is 19.2. The molecule has 2 heteroatoms. The average molecular weight is 713 g/mol. The third-order valence-electron chi connectivity index (χ3n) is 11.3. The molecule has 56 heavy (non-hydrogen) atoms. The Kier molecular flexibility index (Phi) is 7.53. The second-order valence-corrected chi connectivity index (χ2v) is 14.7. The van der Waals surface area contributed by atoms with E-state index in [1.54, 1.807) is 0 Å². The summed E-state index contributed by atoms with van der Waals surface area (Å²) in [5.41, 5.74) is 17.9. The van der Waals surface area contributed by atoms with Gasteiger partial charge in [0.25, 0.3) is 0 Å². The summed E-state index contributed by atoms with van der Waals surface area (Å²) in [5, 5.41) is 4.97. The molecule has 0 saturated heterocycles. The summed E-state index contributed by atoms with van der Waals surface area (Å²) in [6, 6.07) is 77.3. The lowest BCUT2D eigenvalue weighted by atomic mass is 9.96. The summed E-state index contributed by atoms with van der Waals surface area (Å²) in [4.78, 5) is 3.56. The van der Waals surface area contributed by atoms with Crippen molar-refractivity contribution in [3.05, 3.63) is 212 Å². The van der Waals surface area contributed by atoms with Crippen molar-refractivity contribution in [2.24, 2.45) is 0 Å². The van der Waals surface area contributed by atoms with E-state index in [9.17, 15) is 0 Å². The van der Waals surface area contributed by atoms with E-state index in [-0.39, 0.29) is 0 Å². The van der Waals surface area contributed by atoms with Crippen LogP contribution in [0.2, 0.25) is 0 Å². The van der Waals surface area contributed by atoms with Gasteiger partial charge in [0, 0.05) is 38.3 Å². The smallest absolute Gasteiger partial charge is 0.0541 e. The highest BCUT2D eigenvalue weighted by atomic mass is 15.0. The van der Waals surface area contributed by atoms with Crippen LogP contribution in [0.15, 0.2) is 212 Å². The van der Waals surface area contributed by atoms with Gasteiger partial charge in [-0.2, -0.15) is 0 Å². The second kappa shape index (κ2) is 13.2. The number of para-hydroxylation sites is 1. The maximum Gasteiger partial charge on any atom is 0.0541 e. The molecule has 2 nitrogen and oxygen atoms in total. The van der Waals surface area contributed by atoms with Crippen LogP contribution in [-0.4, -0.2) is 9.55 Å². The zero-order chi connectivity index (χ0) is 37.0. The molecule has 2 aromatic heterocycles. The molecule has 0 spiro atoms. The Balaban J connectivity index is 1.05. The number of benzene rings is 9. The quantitative estimate of drug-likeness (QED) is 0.177. The van der Waals surface area contributed by atoms with E-state index in [1.165, 1.54) is 93.7 Å². The van der Waals surface area contributed by atoms with Crippen molar-refractivity contribution in [3.8, 4) is 61.3 Å². The van der Waals surface area contributed by atoms with Crippen LogP contribution in [0.5, 0.6) is 0 Å². The zero-order valence-corrected chi connectivity index (χ0v) is 30.7. The van der Waals surface area contributed by atoms with Gasteiger partial charge in [0.15, 0.2) is 0 Å². The summed E-state index contributed by atoms with van der Waals surface area (Å²) in [5.74, 6) is 0. The fraction of sp³-hybridized carbons (Fsp3) is 0. The van der Waals surface area contributed by atoms with Crippen molar-refractivity contribution in [1.82, 2.24) is 9.55 Å². The predicted molar refractivity (Wildman–Crippen MR) is 237 cm³/mol. The van der Waals surface area contributed by atoms with E-state index in [4.69, 9.17) is 0 Å². The van der Waals surface area contributed by atoms with Crippen LogP contribution in [0.1, 0.15) is 0 Å². The number of aromatic amines is 1. The maximum atomic E-state index is 3.56. The highest BCUT2D eigenvalue weighted by Crippen LogP contribution is 2.39. The lowest BCUT2D eigenvalue weighted by Crippen LogP contribution is -1.94. The standard InChI is InChI=1S/C54H36N2/c1-3-11-36(12-4-1)39-15-9-17-41(31-39)44-24-29-53-49(34-44)50-35-45(42-18-10-16-40(32-42)37-13-5-2-6-14-37)25-30-54(50)56(53)46-26-21-38(22-27-46)43-23-28-52-48(33-43)47-19-7-8-20-51(47)55-52/h1-35,55H. The van der Waals surface area contributed by atoms with Gasteiger partial charge < -0.3 is 9.55 Å². The van der Waals surface area contributed by atoms with E-state index in [2.05, 4.69) is 222 Å². The Hall–Kier alpha value is -7.42. The number of H-pyrrole nitrogens is 1. The molecular formula is C54H36N2. The average Bonchev–Trinajstić information content (AvgIpc) is 3.82. The Bertz CT molecular complexity index is 3080. The third kappa shape index (κ3) is 5.51. The fourth-order valence-electron chi connectivity index (χ4n) is 8.51. The molecule has 0 aliphatic rings. The number of fused-ring (bicyclic) bond motifs is 6. The van der Waals surface area contributed by atoms with Crippen LogP contribution in [0.3, 0.4) is 0 Å². The molecule has 0 atom stereocenters. The predicted octanol–water partition coefficient (Wildman–Crippen LogP) is 14.8. The van der Waals surface area contributed by atoms with Gasteiger partial charge in [-0.25, -0.2) is 0 Å². The van der Waals surface area contributed by atoms with E-state index in [0.717, 1.165) is 11.2 Å². The molecule has 11 rings (SSSR count). The molecule has 9 aromatic carbocycles.